The van der Waals surface area contributed by atoms with Crippen molar-refractivity contribution in [3.63, 3.8) is 0 Å². The van der Waals surface area contributed by atoms with Gasteiger partial charge in [-0.1, -0.05) is 24.3 Å². The van der Waals surface area contributed by atoms with Gasteiger partial charge in [0.15, 0.2) is 0 Å². The van der Waals surface area contributed by atoms with E-state index in [1.54, 1.807) is 0 Å². The van der Waals surface area contributed by atoms with E-state index in [9.17, 15) is 4.79 Å². The molecule has 152 valence electrons. The van der Waals surface area contributed by atoms with Gasteiger partial charge in [-0.15, -0.1) is 0 Å². The van der Waals surface area contributed by atoms with Crippen molar-refractivity contribution in [2.45, 2.75) is 52.2 Å². The van der Waals surface area contributed by atoms with E-state index in [0.29, 0.717) is 12.3 Å². The van der Waals surface area contributed by atoms with Gasteiger partial charge in [-0.25, -0.2) is 4.79 Å². The lowest BCUT2D eigenvalue weighted by molar-refractivity contribution is 0.0177. The molecule has 1 aromatic heterocycles. The van der Waals surface area contributed by atoms with E-state index in [4.69, 9.17) is 9.84 Å². The molecule has 28 heavy (non-hydrogen) atoms. The van der Waals surface area contributed by atoms with Crippen LogP contribution in [-0.2, 0) is 17.7 Å². The van der Waals surface area contributed by atoms with E-state index in [1.807, 2.05) is 36.5 Å². The monoisotopic (exact) mass is 385 g/mol. The average Bonchev–Trinajstić information content (AvgIpc) is 3.10. The van der Waals surface area contributed by atoms with Gasteiger partial charge >= 0.3 is 6.09 Å². The summed E-state index contributed by atoms with van der Waals surface area (Å²) in [5, 5.41) is 13.5. The number of nitrogens with zero attached hydrogens (tertiary/aromatic N) is 3. The highest BCUT2D eigenvalue weighted by Gasteiger charge is 2.27. The molecule has 0 spiro atoms. The number of aliphatic hydroxyl groups is 1. The number of aromatic nitrogens is 2. The fourth-order valence-corrected chi connectivity index (χ4v) is 3.49. The summed E-state index contributed by atoms with van der Waals surface area (Å²) in [7, 11) is 0. The molecule has 6 nitrogen and oxygen atoms in total. The number of hydrogen-bond acceptors (Lipinski definition) is 4. The Balaban J connectivity index is 1.51. The molecule has 0 unspecified atom stereocenters. The number of piperidine rings is 1. The predicted molar refractivity (Wildman–Crippen MR) is 109 cm³/mol. The molecule has 1 aliphatic heterocycles. The van der Waals surface area contributed by atoms with Crippen LogP contribution in [0.4, 0.5) is 4.79 Å². The molecule has 3 rings (SSSR count). The number of carbonyl (C=O) groups is 1. The van der Waals surface area contributed by atoms with Gasteiger partial charge in [0.2, 0.25) is 0 Å². The van der Waals surface area contributed by atoms with Gasteiger partial charge in [-0.3, -0.25) is 4.68 Å². The second-order valence-corrected chi connectivity index (χ2v) is 8.53. The molecule has 2 aromatic rings. The number of rotatable bonds is 5. The second kappa shape index (κ2) is 8.78. The van der Waals surface area contributed by atoms with Gasteiger partial charge in [0, 0.05) is 38.0 Å². The van der Waals surface area contributed by atoms with Gasteiger partial charge in [0.1, 0.15) is 5.60 Å². The molecule has 1 amide bonds. The predicted octanol–water partition coefficient (Wildman–Crippen LogP) is 3.73. The topological polar surface area (TPSA) is 67.6 Å². The molecule has 0 atom stereocenters. The molecule has 1 N–H and O–H groups in total. The molecule has 0 aliphatic carbocycles. The maximum Gasteiger partial charge on any atom is 0.410 e. The van der Waals surface area contributed by atoms with Crippen molar-refractivity contribution < 1.29 is 14.6 Å². The maximum atomic E-state index is 12.2. The SMILES string of the molecule is CC(C)(C)OC(=O)N1CCC(Cn2cc(-c3ccc(CCO)cc3)cn2)CC1. The summed E-state index contributed by atoms with van der Waals surface area (Å²) in [5.74, 6) is 0.512. The average molecular weight is 386 g/mol. The van der Waals surface area contributed by atoms with Crippen molar-refractivity contribution in [2.75, 3.05) is 19.7 Å². The van der Waals surface area contributed by atoms with Gasteiger partial charge in [-0.2, -0.15) is 5.10 Å². The van der Waals surface area contributed by atoms with E-state index in [-0.39, 0.29) is 12.7 Å². The summed E-state index contributed by atoms with van der Waals surface area (Å²) in [6.07, 6.45) is 6.38. The first-order chi connectivity index (χ1) is 13.3. The summed E-state index contributed by atoms with van der Waals surface area (Å²) in [4.78, 5) is 14.0. The number of benzene rings is 1. The number of likely N-dealkylation sites (tertiary alicyclic amines) is 1. The van der Waals surface area contributed by atoms with Crippen LogP contribution >= 0.6 is 0 Å². The molecule has 1 fully saturated rings. The number of ether oxygens (including phenoxy) is 1. The Morgan fingerprint density at radius 1 is 1.18 bits per heavy atom. The number of carbonyl (C=O) groups excluding carboxylic acids is 1. The summed E-state index contributed by atoms with van der Waals surface area (Å²) in [5.41, 5.74) is 2.92. The third-order valence-electron chi connectivity index (χ3n) is 5.03. The fraction of sp³-hybridized carbons (Fsp3) is 0.545. The highest BCUT2D eigenvalue weighted by Crippen LogP contribution is 2.23. The first-order valence-electron chi connectivity index (χ1n) is 10.0. The van der Waals surface area contributed by atoms with E-state index in [1.165, 1.54) is 0 Å². The smallest absolute Gasteiger partial charge is 0.410 e. The molecular weight excluding hydrogens is 354 g/mol. The molecule has 0 saturated carbocycles. The van der Waals surface area contributed by atoms with Gasteiger partial charge < -0.3 is 14.7 Å². The fourth-order valence-electron chi connectivity index (χ4n) is 3.49. The van der Waals surface area contributed by atoms with Crippen LogP contribution in [0.5, 0.6) is 0 Å². The summed E-state index contributed by atoms with van der Waals surface area (Å²) in [6, 6.07) is 8.25. The van der Waals surface area contributed by atoms with Crippen molar-refractivity contribution in [2.24, 2.45) is 5.92 Å². The van der Waals surface area contributed by atoms with Crippen LogP contribution in [0.2, 0.25) is 0 Å². The van der Waals surface area contributed by atoms with Crippen molar-refractivity contribution in [1.29, 1.82) is 0 Å². The first kappa shape index (κ1) is 20.4. The standard InChI is InChI=1S/C22H31N3O3/c1-22(2,3)28-21(27)24-11-8-18(9-12-24)15-25-16-20(14-23-25)19-6-4-17(5-7-19)10-13-26/h4-7,14,16,18,26H,8-13,15H2,1-3H3. The third-order valence-corrected chi connectivity index (χ3v) is 5.03. The van der Waals surface area contributed by atoms with E-state index in [2.05, 4.69) is 35.6 Å². The Hall–Kier alpha value is -2.34. The zero-order valence-electron chi connectivity index (χ0n) is 17.1. The quantitative estimate of drug-likeness (QED) is 0.851. The van der Waals surface area contributed by atoms with Gasteiger partial charge in [0.05, 0.1) is 6.20 Å². The molecule has 0 radical (unpaired) electrons. The van der Waals surface area contributed by atoms with Crippen molar-refractivity contribution in [3.8, 4) is 11.1 Å². The number of amides is 1. The molecule has 0 bridgehead atoms. The lowest BCUT2D eigenvalue weighted by Crippen LogP contribution is -2.42. The first-order valence-corrected chi connectivity index (χ1v) is 10.0. The Morgan fingerprint density at radius 2 is 1.86 bits per heavy atom. The van der Waals surface area contributed by atoms with E-state index in [0.717, 1.165) is 49.2 Å². The zero-order valence-corrected chi connectivity index (χ0v) is 17.1. The molecule has 1 saturated heterocycles. The van der Waals surface area contributed by atoms with Crippen LogP contribution in [0.25, 0.3) is 11.1 Å². The molecule has 1 aromatic carbocycles. The molecule has 1 aliphatic rings. The van der Waals surface area contributed by atoms with Crippen LogP contribution in [0.1, 0.15) is 39.2 Å². The molecule has 2 heterocycles. The lowest BCUT2D eigenvalue weighted by Gasteiger charge is -2.33. The van der Waals surface area contributed by atoms with Crippen molar-refractivity contribution >= 4 is 6.09 Å². The third kappa shape index (κ3) is 5.58. The highest BCUT2D eigenvalue weighted by atomic mass is 16.6. The maximum absolute atomic E-state index is 12.2. The van der Waals surface area contributed by atoms with Crippen LogP contribution in [0, 0.1) is 5.92 Å². The minimum atomic E-state index is -0.449. The Labute approximate surface area is 167 Å². The number of hydrogen-bond donors (Lipinski definition) is 1. The van der Waals surface area contributed by atoms with Crippen LogP contribution in [0.15, 0.2) is 36.7 Å². The summed E-state index contributed by atoms with van der Waals surface area (Å²) < 4.78 is 7.47. The largest absolute Gasteiger partial charge is 0.444 e. The molecule has 6 heteroatoms. The minimum absolute atomic E-state index is 0.171. The minimum Gasteiger partial charge on any atom is -0.444 e. The van der Waals surface area contributed by atoms with Crippen LogP contribution < -0.4 is 0 Å². The highest BCUT2D eigenvalue weighted by molar-refractivity contribution is 5.68. The van der Waals surface area contributed by atoms with Crippen LogP contribution in [-0.4, -0.2) is 51.2 Å². The van der Waals surface area contributed by atoms with Crippen molar-refractivity contribution in [1.82, 2.24) is 14.7 Å². The van der Waals surface area contributed by atoms with Gasteiger partial charge in [0.25, 0.3) is 0 Å². The summed E-state index contributed by atoms with van der Waals surface area (Å²) in [6.45, 7) is 8.20. The lowest BCUT2D eigenvalue weighted by atomic mass is 9.97. The van der Waals surface area contributed by atoms with Gasteiger partial charge in [-0.05, 0) is 57.1 Å². The molecular formula is C22H31N3O3. The Morgan fingerprint density at radius 3 is 2.46 bits per heavy atom. The van der Waals surface area contributed by atoms with E-state index >= 15 is 0 Å². The van der Waals surface area contributed by atoms with Crippen molar-refractivity contribution in [3.05, 3.63) is 42.2 Å². The normalized spacial score (nSPS) is 15.6. The Kier molecular flexibility index (Phi) is 6.39. The zero-order chi connectivity index (χ0) is 20.1. The van der Waals surface area contributed by atoms with E-state index < -0.39 is 5.60 Å². The number of aliphatic hydroxyl groups excluding tert-OH is 1. The second-order valence-electron chi connectivity index (χ2n) is 8.53. The van der Waals surface area contributed by atoms with Crippen LogP contribution in [0.3, 0.4) is 0 Å². The Bertz CT molecular complexity index is 769. The summed E-state index contributed by atoms with van der Waals surface area (Å²) >= 11 is 0.